The normalized spacial score (nSPS) is 11.9. The first-order valence-electron chi connectivity index (χ1n) is 4.89. The molecule has 0 heterocycles. The third kappa shape index (κ3) is 3.34. The summed E-state index contributed by atoms with van der Waals surface area (Å²) in [6, 6.07) is 6.53. The van der Waals surface area contributed by atoms with Gasteiger partial charge in [-0.25, -0.2) is 0 Å². The van der Waals surface area contributed by atoms with Crippen LogP contribution in [-0.4, -0.2) is 16.6 Å². The van der Waals surface area contributed by atoms with Crippen molar-refractivity contribution in [3.63, 3.8) is 0 Å². The Morgan fingerprint density at radius 3 is 2.75 bits per heavy atom. The number of primary amides is 1. The van der Waals surface area contributed by atoms with Gasteiger partial charge in [0.1, 0.15) is 0 Å². The minimum absolute atomic E-state index is 0.135. The summed E-state index contributed by atoms with van der Waals surface area (Å²) in [7, 11) is 0. The van der Waals surface area contributed by atoms with Gasteiger partial charge in [0.25, 0.3) is 0 Å². The van der Waals surface area contributed by atoms with Crippen molar-refractivity contribution >= 4 is 33.4 Å². The molecule has 0 aromatic heterocycles. The molecule has 0 radical (unpaired) electrons. The number of hydrogen-bond donors (Lipinski definition) is 2. The van der Waals surface area contributed by atoms with Crippen molar-refractivity contribution in [2.45, 2.75) is 18.2 Å². The molecular weight excluding hydrogens is 272 g/mol. The number of anilines is 1. The van der Waals surface area contributed by atoms with E-state index in [1.165, 1.54) is 0 Å². The van der Waals surface area contributed by atoms with Crippen LogP contribution in [0.25, 0.3) is 0 Å². The van der Waals surface area contributed by atoms with E-state index in [-0.39, 0.29) is 10.7 Å². The summed E-state index contributed by atoms with van der Waals surface area (Å²) >= 11 is 3.24. The molecule has 0 fully saturated rings. The van der Waals surface area contributed by atoms with E-state index < -0.39 is 5.91 Å². The fourth-order valence-electron chi connectivity index (χ4n) is 1.16. The Bertz CT molecular complexity index is 407. The lowest BCUT2D eigenvalue weighted by Gasteiger charge is -2.09. The molecule has 2 amide bonds. The third-order valence-electron chi connectivity index (χ3n) is 2.06. The van der Waals surface area contributed by atoms with E-state index in [2.05, 4.69) is 21.2 Å². The maximum Gasteiger partial charge on any atom is 0.248 e. The van der Waals surface area contributed by atoms with Crippen LogP contribution in [0.1, 0.15) is 23.7 Å². The number of rotatable bonds is 4. The highest BCUT2D eigenvalue weighted by atomic mass is 79.9. The Balaban J connectivity index is 2.78. The predicted molar refractivity (Wildman–Crippen MR) is 66.6 cm³/mol. The van der Waals surface area contributed by atoms with Gasteiger partial charge in [-0.15, -0.1) is 0 Å². The van der Waals surface area contributed by atoms with Gasteiger partial charge in [0.15, 0.2) is 0 Å². The minimum atomic E-state index is -0.512. The highest BCUT2D eigenvalue weighted by molar-refractivity contribution is 9.10. The molecule has 0 saturated carbocycles. The van der Waals surface area contributed by atoms with Gasteiger partial charge in [0, 0.05) is 11.3 Å². The summed E-state index contributed by atoms with van der Waals surface area (Å²) in [6.45, 7) is 1.90. The number of hydrogen-bond acceptors (Lipinski definition) is 2. The maximum absolute atomic E-state index is 11.6. The van der Waals surface area contributed by atoms with Crippen LogP contribution in [-0.2, 0) is 4.79 Å². The van der Waals surface area contributed by atoms with Gasteiger partial charge in [-0.05, 0) is 24.6 Å². The number of carbonyl (C=O) groups is 2. The zero-order valence-electron chi connectivity index (χ0n) is 8.87. The second-order valence-corrected chi connectivity index (χ2v) is 4.42. The van der Waals surface area contributed by atoms with Gasteiger partial charge < -0.3 is 11.1 Å². The second kappa shape index (κ2) is 5.65. The van der Waals surface area contributed by atoms with Crippen LogP contribution >= 0.6 is 15.9 Å². The topological polar surface area (TPSA) is 72.2 Å². The first-order chi connectivity index (χ1) is 7.54. The van der Waals surface area contributed by atoms with Crippen molar-refractivity contribution in [2.75, 3.05) is 5.32 Å². The van der Waals surface area contributed by atoms with E-state index in [9.17, 15) is 9.59 Å². The molecule has 0 aliphatic heterocycles. The van der Waals surface area contributed by atoms with Crippen LogP contribution in [0, 0.1) is 0 Å². The SMILES string of the molecule is CCC(Br)C(=O)Nc1cccc(C(N)=O)c1. The first kappa shape index (κ1) is 12.7. The molecule has 3 N–H and O–H groups in total. The summed E-state index contributed by atoms with van der Waals surface area (Å²) < 4.78 is 0. The Morgan fingerprint density at radius 2 is 2.19 bits per heavy atom. The molecule has 0 saturated heterocycles. The molecule has 5 heteroatoms. The van der Waals surface area contributed by atoms with E-state index in [0.29, 0.717) is 17.7 Å². The predicted octanol–water partition coefficient (Wildman–Crippen LogP) is 1.90. The number of amides is 2. The molecule has 0 aliphatic rings. The van der Waals surface area contributed by atoms with Gasteiger partial charge >= 0.3 is 0 Å². The molecule has 16 heavy (non-hydrogen) atoms. The average Bonchev–Trinajstić information content (AvgIpc) is 2.28. The molecule has 0 spiro atoms. The maximum atomic E-state index is 11.6. The number of nitrogens with two attached hydrogens (primary N) is 1. The summed E-state index contributed by atoms with van der Waals surface area (Å²) in [4.78, 5) is 22.2. The van der Waals surface area contributed by atoms with Crippen molar-refractivity contribution in [1.29, 1.82) is 0 Å². The molecule has 1 atom stereocenters. The van der Waals surface area contributed by atoms with Crippen LogP contribution in [0.15, 0.2) is 24.3 Å². The van der Waals surface area contributed by atoms with E-state index in [0.717, 1.165) is 0 Å². The zero-order chi connectivity index (χ0) is 12.1. The quantitative estimate of drug-likeness (QED) is 0.829. The van der Waals surface area contributed by atoms with Gasteiger partial charge in [-0.3, -0.25) is 9.59 Å². The highest BCUT2D eigenvalue weighted by Crippen LogP contribution is 2.13. The van der Waals surface area contributed by atoms with Crippen molar-refractivity contribution in [1.82, 2.24) is 0 Å². The van der Waals surface area contributed by atoms with Gasteiger partial charge in [-0.1, -0.05) is 28.9 Å². The Morgan fingerprint density at radius 1 is 1.50 bits per heavy atom. The van der Waals surface area contributed by atoms with Crippen molar-refractivity contribution in [3.05, 3.63) is 29.8 Å². The zero-order valence-corrected chi connectivity index (χ0v) is 10.5. The lowest BCUT2D eigenvalue weighted by atomic mass is 10.2. The molecule has 1 unspecified atom stereocenters. The van der Waals surface area contributed by atoms with Gasteiger partial charge in [0.2, 0.25) is 11.8 Å². The largest absolute Gasteiger partial charge is 0.366 e. The smallest absolute Gasteiger partial charge is 0.248 e. The van der Waals surface area contributed by atoms with Crippen LogP contribution in [0.3, 0.4) is 0 Å². The Labute approximate surface area is 102 Å². The molecular formula is C11H13BrN2O2. The molecule has 1 aromatic carbocycles. The molecule has 0 bridgehead atoms. The summed E-state index contributed by atoms with van der Waals surface area (Å²) in [5, 5.41) is 2.69. The van der Waals surface area contributed by atoms with Crippen molar-refractivity contribution in [2.24, 2.45) is 5.73 Å². The van der Waals surface area contributed by atoms with E-state index in [1.54, 1.807) is 24.3 Å². The van der Waals surface area contributed by atoms with Crippen LogP contribution in [0.2, 0.25) is 0 Å². The monoisotopic (exact) mass is 284 g/mol. The molecule has 86 valence electrons. The van der Waals surface area contributed by atoms with Crippen LogP contribution in [0.4, 0.5) is 5.69 Å². The number of halogens is 1. The number of alkyl halides is 1. The van der Waals surface area contributed by atoms with E-state index in [4.69, 9.17) is 5.73 Å². The summed E-state index contributed by atoms with van der Waals surface area (Å²) in [6.07, 6.45) is 0.696. The van der Waals surface area contributed by atoms with E-state index in [1.807, 2.05) is 6.92 Å². The number of benzene rings is 1. The summed E-state index contributed by atoms with van der Waals surface area (Å²) in [5.74, 6) is -0.647. The summed E-state index contributed by atoms with van der Waals surface area (Å²) in [5.41, 5.74) is 6.08. The minimum Gasteiger partial charge on any atom is -0.366 e. The number of nitrogens with one attached hydrogen (secondary N) is 1. The van der Waals surface area contributed by atoms with Crippen LogP contribution < -0.4 is 11.1 Å². The average molecular weight is 285 g/mol. The van der Waals surface area contributed by atoms with Gasteiger partial charge in [0.05, 0.1) is 4.83 Å². The lowest BCUT2D eigenvalue weighted by molar-refractivity contribution is -0.115. The Hall–Kier alpha value is -1.36. The fourth-order valence-corrected chi connectivity index (χ4v) is 1.27. The van der Waals surface area contributed by atoms with Crippen molar-refractivity contribution < 1.29 is 9.59 Å². The first-order valence-corrected chi connectivity index (χ1v) is 5.81. The van der Waals surface area contributed by atoms with Crippen molar-refractivity contribution in [3.8, 4) is 0 Å². The molecule has 4 nitrogen and oxygen atoms in total. The number of carbonyl (C=O) groups excluding carboxylic acids is 2. The van der Waals surface area contributed by atoms with Crippen LogP contribution in [0.5, 0.6) is 0 Å². The standard InChI is InChI=1S/C11H13BrN2O2/c1-2-9(12)11(16)14-8-5-3-4-7(6-8)10(13)15/h3-6,9H,2H2,1H3,(H2,13,15)(H,14,16). The molecule has 1 aromatic rings. The lowest BCUT2D eigenvalue weighted by Crippen LogP contribution is -2.22. The molecule has 0 aliphatic carbocycles. The van der Waals surface area contributed by atoms with E-state index >= 15 is 0 Å². The fraction of sp³-hybridized carbons (Fsp3) is 0.273. The highest BCUT2D eigenvalue weighted by Gasteiger charge is 2.12. The third-order valence-corrected chi connectivity index (χ3v) is 3.12. The second-order valence-electron chi connectivity index (χ2n) is 3.31. The van der Waals surface area contributed by atoms with Gasteiger partial charge in [-0.2, -0.15) is 0 Å². The Kier molecular flexibility index (Phi) is 4.49. The molecule has 1 rings (SSSR count).